The van der Waals surface area contributed by atoms with E-state index in [9.17, 15) is 9.59 Å². The molecule has 0 heterocycles. The molecule has 1 amide bonds. The molecule has 0 saturated carbocycles. The highest BCUT2D eigenvalue weighted by atomic mass is 16.6. The molecule has 6 heteroatoms. The number of aryl methyl sites for hydroxylation is 2. The Morgan fingerprint density at radius 2 is 1.67 bits per heavy atom. The summed E-state index contributed by atoms with van der Waals surface area (Å²) in [5.74, 6) is -0.354. The van der Waals surface area contributed by atoms with E-state index in [-0.39, 0.29) is 12.4 Å². The van der Waals surface area contributed by atoms with Gasteiger partial charge in [-0.1, -0.05) is 6.07 Å². The third-order valence-corrected chi connectivity index (χ3v) is 3.69. The standard InChI is InChI=1S/C21H34N2O4/c1-14-8-10-16(22)12-15(14)9-11-17(13-18(24)26-20(2,3)4)23-19(25)27-21(5,6)7/h8,10,12,17H,9,11,13,22H2,1-7H3,(H,23,25)/t17-/m1/s1. The lowest BCUT2D eigenvalue weighted by molar-refractivity contribution is -0.155. The highest BCUT2D eigenvalue weighted by Crippen LogP contribution is 2.18. The fourth-order valence-corrected chi connectivity index (χ4v) is 2.57. The van der Waals surface area contributed by atoms with Crippen molar-refractivity contribution in [2.75, 3.05) is 5.73 Å². The monoisotopic (exact) mass is 378 g/mol. The predicted octanol–water partition coefficient (Wildman–Crippen LogP) is 4.13. The summed E-state index contributed by atoms with van der Waals surface area (Å²) in [5.41, 5.74) is 7.60. The summed E-state index contributed by atoms with van der Waals surface area (Å²) < 4.78 is 10.7. The van der Waals surface area contributed by atoms with E-state index in [0.29, 0.717) is 18.5 Å². The van der Waals surface area contributed by atoms with Gasteiger partial charge in [-0.25, -0.2) is 4.79 Å². The van der Waals surface area contributed by atoms with E-state index in [1.165, 1.54) is 0 Å². The van der Waals surface area contributed by atoms with Gasteiger partial charge in [0.15, 0.2) is 0 Å². The largest absolute Gasteiger partial charge is 0.460 e. The molecule has 0 radical (unpaired) electrons. The van der Waals surface area contributed by atoms with Crippen molar-refractivity contribution in [1.29, 1.82) is 0 Å². The lowest BCUT2D eigenvalue weighted by atomic mass is 9.99. The molecule has 1 aromatic rings. The Morgan fingerprint density at radius 1 is 1.07 bits per heavy atom. The molecule has 0 unspecified atom stereocenters. The Hall–Kier alpha value is -2.24. The molecule has 0 spiro atoms. The normalized spacial score (nSPS) is 13.0. The van der Waals surface area contributed by atoms with Gasteiger partial charge >= 0.3 is 12.1 Å². The minimum absolute atomic E-state index is 0.0812. The number of carbonyl (C=O) groups is 2. The van der Waals surface area contributed by atoms with E-state index in [1.807, 2.05) is 45.9 Å². The summed E-state index contributed by atoms with van der Waals surface area (Å²) >= 11 is 0. The molecular formula is C21H34N2O4. The van der Waals surface area contributed by atoms with Crippen molar-refractivity contribution in [3.05, 3.63) is 29.3 Å². The maximum Gasteiger partial charge on any atom is 0.407 e. The van der Waals surface area contributed by atoms with Gasteiger partial charge in [0.2, 0.25) is 0 Å². The number of ether oxygens (including phenoxy) is 2. The first-order valence-corrected chi connectivity index (χ1v) is 9.31. The molecule has 0 fully saturated rings. The third kappa shape index (κ3) is 9.87. The molecular weight excluding hydrogens is 344 g/mol. The van der Waals surface area contributed by atoms with Crippen molar-refractivity contribution in [2.45, 2.75) is 85.0 Å². The lowest BCUT2D eigenvalue weighted by Gasteiger charge is -2.25. The number of nitrogens with two attached hydrogens (primary N) is 1. The Kier molecular flexibility index (Phi) is 7.69. The van der Waals surface area contributed by atoms with Crippen LogP contribution in [0.4, 0.5) is 10.5 Å². The highest BCUT2D eigenvalue weighted by molar-refractivity contribution is 5.73. The number of nitrogens with one attached hydrogen (secondary N) is 1. The van der Waals surface area contributed by atoms with E-state index < -0.39 is 23.3 Å². The maximum atomic E-state index is 12.2. The van der Waals surface area contributed by atoms with Gasteiger partial charge in [-0.15, -0.1) is 0 Å². The first kappa shape index (κ1) is 22.8. The summed E-state index contributed by atoms with van der Waals surface area (Å²) in [5, 5.41) is 2.80. The van der Waals surface area contributed by atoms with Crippen LogP contribution in [0.25, 0.3) is 0 Å². The SMILES string of the molecule is Cc1ccc(N)cc1CC[C@H](CC(=O)OC(C)(C)C)NC(=O)OC(C)(C)C. The molecule has 0 aliphatic rings. The van der Waals surface area contributed by atoms with Gasteiger partial charge in [-0.2, -0.15) is 0 Å². The summed E-state index contributed by atoms with van der Waals surface area (Å²) in [4.78, 5) is 24.4. The number of carbonyl (C=O) groups excluding carboxylic acids is 2. The van der Waals surface area contributed by atoms with Gasteiger partial charge in [0.05, 0.1) is 6.42 Å². The van der Waals surface area contributed by atoms with Crippen LogP contribution < -0.4 is 11.1 Å². The molecule has 1 aromatic carbocycles. The molecule has 3 N–H and O–H groups in total. The zero-order valence-corrected chi connectivity index (χ0v) is 17.6. The fraction of sp³-hybridized carbons (Fsp3) is 0.619. The topological polar surface area (TPSA) is 90.7 Å². The van der Waals surface area contributed by atoms with Gasteiger partial charge in [-0.3, -0.25) is 4.79 Å². The van der Waals surface area contributed by atoms with E-state index in [0.717, 1.165) is 11.1 Å². The van der Waals surface area contributed by atoms with E-state index in [1.54, 1.807) is 20.8 Å². The van der Waals surface area contributed by atoms with Crippen molar-refractivity contribution >= 4 is 17.7 Å². The van der Waals surface area contributed by atoms with Crippen LogP contribution in [0.3, 0.4) is 0 Å². The molecule has 0 aromatic heterocycles. The number of rotatable bonds is 6. The molecule has 0 aliphatic carbocycles. The van der Waals surface area contributed by atoms with Gasteiger partial charge in [0.1, 0.15) is 11.2 Å². The third-order valence-electron chi connectivity index (χ3n) is 3.69. The molecule has 0 saturated heterocycles. The molecule has 0 aliphatic heterocycles. The second-order valence-corrected chi connectivity index (χ2v) is 8.86. The number of hydrogen-bond acceptors (Lipinski definition) is 5. The summed E-state index contributed by atoms with van der Waals surface area (Å²) in [7, 11) is 0. The van der Waals surface area contributed by atoms with Crippen molar-refractivity contribution in [3.8, 4) is 0 Å². The van der Waals surface area contributed by atoms with Crippen LogP contribution in [-0.2, 0) is 20.7 Å². The molecule has 1 rings (SSSR count). The molecule has 6 nitrogen and oxygen atoms in total. The zero-order chi connectivity index (χ0) is 20.8. The van der Waals surface area contributed by atoms with E-state index in [4.69, 9.17) is 15.2 Å². The Balaban J connectivity index is 2.81. The van der Waals surface area contributed by atoms with Crippen molar-refractivity contribution in [1.82, 2.24) is 5.32 Å². The maximum absolute atomic E-state index is 12.2. The molecule has 152 valence electrons. The number of nitrogen functional groups attached to an aromatic ring is 1. The Labute approximate surface area is 162 Å². The first-order valence-electron chi connectivity index (χ1n) is 9.31. The number of anilines is 1. The molecule has 27 heavy (non-hydrogen) atoms. The second-order valence-electron chi connectivity index (χ2n) is 8.86. The summed E-state index contributed by atoms with van der Waals surface area (Å²) in [6.07, 6.45) is 0.793. The average Bonchev–Trinajstić information content (AvgIpc) is 2.43. The van der Waals surface area contributed by atoms with Gasteiger partial charge < -0.3 is 20.5 Å². The second kappa shape index (κ2) is 9.11. The van der Waals surface area contributed by atoms with Crippen molar-refractivity contribution in [2.24, 2.45) is 0 Å². The number of esters is 1. The smallest absolute Gasteiger partial charge is 0.407 e. The average molecular weight is 379 g/mol. The quantitative estimate of drug-likeness (QED) is 0.573. The summed E-state index contributed by atoms with van der Waals surface area (Å²) in [6.45, 7) is 12.9. The van der Waals surface area contributed by atoms with Gasteiger partial charge in [-0.05, 0) is 84.6 Å². The first-order chi connectivity index (χ1) is 12.2. The van der Waals surface area contributed by atoms with Crippen LogP contribution in [0.1, 0.15) is 65.5 Å². The van der Waals surface area contributed by atoms with E-state index in [2.05, 4.69) is 5.32 Å². The highest BCUT2D eigenvalue weighted by Gasteiger charge is 2.24. The number of hydrogen-bond donors (Lipinski definition) is 2. The fourth-order valence-electron chi connectivity index (χ4n) is 2.57. The van der Waals surface area contributed by atoms with Crippen molar-refractivity contribution < 1.29 is 19.1 Å². The van der Waals surface area contributed by atoms with Crippen molar-refractivity contribution in [3.63, 3.8) is 0 Å². The van der Waals surface area contributed by atoms with Crippen LogP contribution in [0.2, 0.25) is 0 Å². The lowest BCUT2D eigenvalue weighted by Crippen LogP contribution is -2.41. The molecule has 1 atom stereocenters. The number of alkyl carbamates (subject to hydrolysis) is 1. The van der Waals surface area contributed by atoms with Crippen LogP contribution in [0.5, 0.6) is 0 Å². The minimum Gasteiger partial charge on any atom is -0.460 e. The summed E-state index contributed by atoms with van der Waals surface area (Å²) in [6, 6.07) is 5.36. The van der Waals surface area contributed by atoms with E-state index >= 15 is 0 Å². The van der Waals surface area contributed by atoms with Gasteiger partial charge in [0.25, 0.3) is 0 Å². The van der Waals surface area contributed by atoms with Gasteiger partial charge in [0, 0.05) is 11.7 Å². The van der Waals surface area contributed by atoms with Crippen LogP contribution in [0, 0.1) is 6.92 Å². The van der Waals surface area contributed by atoms with Crippen LogP contribution in [0.15, 0.2) is 18.2 Å². The predicted molar refractivity (Wildman–Crippen MR) is 108 cm³/mol. The minimum atomic E-state index is -0.606. The van der Waals surface area contributed by atoms with Crippen LogP contribution >= 0.6 is 0 Å². The molecule has 0 bridgehead atoms. The number of benzene rings is 1. The van der Waals surface area contributed by atoms with Crippen LogP contribution in [-0.4, -0.2) is 29.3 Å². The Bertz CT molecular complexity index is 627. The zero-order valence-electron chi connectivity index (χ0n) is 17.6. The Morgan fingerprint density at radius 3 is 2.22 bits per heavy atom. The number of amides is 1.